The van der Waals surface area contributed by atoms with Gasteiger partial charge in [-0.1, -0.05) is 76.3 Å². The molecule has 2 heteroatoms. The van der Waals surface area contributed by atoms with Crippen LogP contribution < -0.4 is 0 Å². The number of benzene rings is 2. The lowest BCUT2D eigenvalue weighted by atomic mass is 9.82. The Bertz CT molecular complexity index is 689. The van der Waals surface area contributed by atoms with Crippen molar-refractivity contribution in [2.24, 2.45) is 0 Å². The Kier molecular flexibility index (Phi) is 3.34. The third kappa shape index (κ3) is 2.37. The van der Waals surface area contributed by atoms with Crippen LogP contribution in [0.2, 0.25) is 13.1 Å². The smallest absolute Gasteiger partial charge is 0.162 e. The first-order valence-electron chi connectivity index (χ1n) is 7.63. The Hall–Kier alpha value is -1.05. The van der Waals surface area contributed by atoms with E-state index in [0.29, 0.717) is 5.54 Å². The number of hydrogen-bond donors (Lipinski definition) is 0. The third-order valence-electron chi connectivity index (χ3n) is 4.45. The van der Waals surface area contributed by atoms with Gasteiger partial charge in [0.15, 0.2) is 7.38 Å². The van der Waals surface area contributed by atoms with Crippen LogP contribution in [0.15, 0.2) is 42.5 Å². The first-order chi connectivity index (χ1) is 9.71. The van der Waals surface area contributed by atoms with E-state index in [0.717, 1.165) is 0 Å². The number of fused-ring (bicyclic) bond motifs is 3. The second-order valence-electron chi connectivity index (χ2n) is 7.60. The van der Waals surface area contributed by atoms with Crippen molar-refractivity contribution in [1.29, 1.82) is 0 Å². The molecule has 0 aromatic heterocycles. The summed E-state index contributed by atoms with van der Waals surface area (Å²) in [4.78, 5) is 0. The standard InChI is InChI=1S/C19H23ClSi/c1-19(2,3)16-12-8-11-14-13-9-6-7-10-15(13)18(17(14)16)21(4,5)20/h6-12,18H,1-5H3. The van der Waals surface area contributed by atoms with E-state index in [1.54, 1.807) is 0 Å². The van der Waals surface area contributed by atoms with Crippen LogP contribution in [0.4, 0.5) is 0 Å². The van der Waals surface area contributed by atoms with Crippen molar-refractivity contribution in [3.05, 3.63) is 59.2 Å². The SMILES string of the molecule is CC(C)(C)c1cccc2c1C([Si](C)(C)Cl)c1ccccc1-2. The van der Waals surface area contributed by atoms with Crippen molar-refractivity contribution >= 4 is 18.5 Å². The van der Waals surface area contributed by atoms with E-state index in [9.17, 15) is 0 Å². The second kappa shape index (κ2) is 4.72. The van der Waals surface area contributed by atoms with E-state index in [2.05, 4.69) is 76.3 Å². The highest BCUT2D eigenvalue weighted by Gasteiger charge is 2.42. The Morgan fingerprint density at radius 2 is 1.52 bits per heavy atom. The topological polar surface area (TPSA) is 0 Å². The van der Waals surface area contributed by atoms with E-state index in [-0.39, 0.29) is 5.41 Å². The van der Waals surface area contributed by atoms with Gasteiger partial charge in [-0.25, -0.2) is 0 Å². The molecule has 0 bridgehead atoms. The molecule has 1 unspecified atom stereocenters. The molecule has 1 aliphatic carbocycles. The summed E-state index contributed by atoms with van der Waals surface area (Å²) in [5.41, 5.74) is 7.66. The molecule has 1 atom stereocenters. The quantitative estimate of drug-likeness (QED) is 0.442. The molecule has 0 fully saturated rings. The van der Waals surface area contributed by atoms with Crippen molar-refractivity contribution in [3.8, 4) is 11.1 Å². The van der Waals surface area contributed by atoms with Crippen molar-refractivity contribution in [1.82, 2.24) is 0 Å². The van der Waals surface area contributed by atoms with Crippen LogP contribution in [0.1, 0.15) is 43.0 Å². The highest BCUT2D eigenvalue weighted by Crippen LogP contribution is 2.52. The minimum Gasteiger partial charge on any atom is -0.167 e. The highest BCUT2D eigenvalue weighted by atomic mass is 35.6. The van der Waals surface area contributed by atoms with Crippen molar-refractivity contribution in [2.75, 3.05) is 0 Å². The maximum atomic E-state index is 6.96. The fourth-order valence-electron chi connectivity index (χ4n) is 3.63. The van der Waals surface area contributed by atoms with Gasteiger partial charge in [0, 0.05) is 5.54 Å². The molecule has 0 spiro atoms. The molecule has 110 valence electrons. The molecule has 0 aliphatic heterocycles. The summed E-state index contributed by atoms with van der Waals surface area (Å²) in [6.45, 7) is 11.4. The van der Waals surface area contributed by atoms with Crippen LogP contribution in [0.5, 0.6) is 0 Å². The molecule has 0 amide bonds. The maximum Gasteiger partial charge on any atom is 0.162 e. The Morgan fingerprint density at radius 1 is 0.905 bits per heavy atom. The first kappa shape index (κ1) is 14.9. The molecule has 21 heavy (non-hydrogen) atoms. The van der Waals surface area contributed by atoms with Gasteiger partial charge in [0.2, 0.25) is 0 Å². The van der Waals surface area contributed by atoms with Gasteiger partial charge in [0.25, 0.3) is 0 Å². The molecule has 2 aromatic carbocycles. The van der Waals surface area contributed by atoms with E-state index in [1.807, 2.05) is 0 Å². The van der Waals surface area contributed by atoms with E-state index < -0.39 is 7.38 Å². The molecule has 3 rings (SSSR count). The predicted octanol–water partition coefficient (Wildman–Crippen LogP) is 6.08. The highest BCUT2D eigenvalue weighted by molar-refractivity contribution is 7.20. The summed E-state index contributed by atoms with van der Waals surface area (Å²) in [7, 11) is -1.86. The van der Waals surface area contributed by atoms with Crippen molar-refractivity contribution in [3.63, 3.8) is 0 Å². The van der Waals surface area contributed by atoms with Crippen LogP contribution in [-0.2, 0) is 5.41 Å². The minimum atomic E-state index is -1.86. The van der Waals surface area contributed by atoms with Crippen LogP contribution in [-0.4, -0.2) is 7.38 Å². The fraction of sp³-hybridized carbons (Fsp3) is 0.368. The third-order valence-corrected chi connectivity index (χ3v) is 7.08. The van der Waals surface area contributed by atoms with Crippen LogP contribution in [0.25, 0.3) is 11.1 Å². The Labute approximate surface area is 133 Å². The van der Waals surface area contributed by atoms with Gasteiger partial charge >= 0.3 is 0 Å². The monoisotopic (exact) mass is 314 g/mol. The molecule has 0 saturated heterocycles. The molecule has 0 heterocycles. The fourth-order valence-corrected chi connectivity index (χ4v) is 6.30. The lowest BCUT2D eigenvalue weighted by molar-refractivity contribution is 0.584. The van der Waals surface area contributed by atoms with Gasteiger partial charge < -0.3 is 0 Å². The van der Waals surface area contributed by atoms with Crippen LogP contribution in [0.3, 0.4) is 0 Å². The summed E-state index contributed by atoms with van der Waals surface area (Å²) in [6.07, 6.45) is 0. The summed E-state index contributed by atoms with van der Waals surface area (Å²) < 4.78 is 0. The zero-order valence-electron chi connectivity index (χ0n) is 13.5. The van der Waals surface area contributed by atoms with Gasteiger partial charge in [-0.2, -0.15) is 11.1 Å². The largest absolute Gasteiger partial charge is 0.167 e. The summed E-state index contributed by atoms with van der Waals surface area (Å²) in [5, 5.41) is 0. The number of halogens is 1. The average molecular weight is 315 g/mol. The maximum absolute atomic E-state index is 6.96. The molecule has 0 nitrogen and oxygen atoms in total. The van der Waals surface area contributed by atoms with Gasteiger partial charge in [0.05, 0.1) is 0 Å². The van der Waals surface area contributed by atoms with Crippen LogP contribution in [0, 0.1) is 0 Å². The zero-order chi connectivity index (χ0) is 15.4. The predicted molar refractivity (Wildman–Crippen MR) is 95.8 cm³/mol. The molecule has 1 aliphatic rings. The second-order valence-corrected chi connectivity index (χ2v) is 14.2. The molecule has 0 radical (unpaired) electrons. The first-order valence-corrected chi connectivity index (χ1v) is 11.7. The van der Waals surface area contributed by atoms with E-state index in [1.165, 1.54) is 27.8 Å². The lowest BCUT2D eigenvalue weighted by Gasteiger charge is -2.30. The molecule has 0 N–H and O–H groups in total. The average Bonchev–Trinajstić information content (AvgIpc) is 2.71. The Morgan fingerprint density at radius 3 is 2.14 bits per heavy atom. The van der Waals surface area contributed by atoms with E-state index in [4.69, 9.17) is 11.1 Å². The Balaban J connectivity index is 2.37. The number of hydrogen-bond acceptors (Lipinski definition) is 0. The molecular weight excluding hydrogens is 292 g/mol. The van der Waals surface area contributed by atoms with Crippen molar-refractivity contribution in [2.45, 2.75) is 44.8 Å². The van der Waals surface area contributed by atoms with Crippen molar-refractivity contribution < 1.29 is 0 Å². The summed E-state index contributed by atoms with van der Waals surface area (Å²) >= 11 is 6.96. The van der Waals surface area contributed by atoms with Crippen LogP contribution >= 0.6 is 11.1 Å². The minimum absolute atomic E-state index is 0.141. The van der Waals surface area contributed by atoms with E-state index >= 15 is 0 Å². The lowest BCUT2D eigenvalue weighted by Crippen LogP contribution is -2.30. The number of rotatable bonds is 1. The zero-order valence-corrected chi connectivity index (χ0v) is 15.3. The summed E-state index contributed by atoms with van der Waals surface area (Å²) in [6, 6.07) is 15.5. The normalized spacial score (nSPS) is 17.5. The molecule has 2 aromatic rings. The van der Waals surface area contributed by atoms with Gasteiger partial charge in [0.1, 0.15) is 0 Å². The van der Waals surface area contributed by atoms with Gasteiger partial charge in [-0.3, -0.25) is 0 Å². The van der Waals surface area contributed by atoms with Gasteiger partial charge in [-0.05, 0) is 33.2 Å². The summed E-state index contributed by atoms with van der Waals surface area (Å²) in [5.74, 6) is 0. The molecular formula is C19H23ClSi. The van der Waals surface area contributed by atoms with Gasteiger partial charge in [-0.15, -0.1) is 0 Å². The molecule has 0 saturated carbocycles.